The molecule has 1 atom stereocenters. The summed E-state index contributed by atoms with van der Waals surface area (Å²) in [6, 6.07) is 9.69. The summed E-state index contributed by atoms with van der Waals surface area (Å²) < 4.78 is 10.9. The second-order valence-electron chi connectivity index (χ2n) is 3.76. The van der Waals surface area contributed by atoms with Crippen molar-refractivity contribution in [1.29, 1.82) is 0 Å². The molecule has 0 aliphatic carbocycles. The van der Waals surface area contributed by atoms with Crippen molar-refractivity contribution in [2.45, 2.75) is 19.2 Å². The van der Waals surface area contributed by atoms with E-state index < -0.39 is 5.85 Å². The van der Waals surface area contributed by atoms with E-state index >= 15 is 0 Å². The summed E-state index contributed by atoms with van der Waals surface area (Å²) in [6.45, 7) is 2.89. The summed E-state index contributed by atoms with van der Waals surface area (Å²) in [7, 11) is 0. The highest BCUT2D eigenvalue weighted by molar-refractivity contribution is 5.95. The number of hydrogen-bond acceptors (Lipinski definition) is 4. The number of nitrogens with zero attached hydrogens (tertiary/aromatic N) is 1. The number of ether oxygens (including phenoxy) is 2. The molecule has 2 rings (SSSR count). The fourth-order valence-electron chi connectivity index (χ4n) is 1.49. The standard InChI is InChI=1S/C12H16N2O2/c1-2-8-16-12(13)9-15-11(14-12)10-6-4-3-5-7-10/h3-7H,2,8-9,13H2,1H3. The number of benzene rings is 1. The van der Waals surface area contributed by atoms with Gasteiger partial charge in [0, 0.05) is 5.56 Å². The highest BCUT2D eigenvalue weighted by Crippen LogP contribution is 2.18. The molecule has 0 saturated heterocycles. The number of rotatable bonds is 4. The molecule has 1 aliphatic rings. The van der Waals surface area contributed by atoms with Crippen molar-refractivity contribution in [3.8, 4) is 0 Å². The van der Waals surface area contributed by atoms with Crippen LogP contribution >= 0.6 is 0 Å². The van der Waals surface area contributed by atoms with Crippen LogP contribution in [-0.2, 0) is 9.47 Å². The Labute approximate surface area is 95.1 Å². The van der Waals surface area contributed by atoms with Crippen molar-refractivity contribution in [3.05, 3.63) is 35.9 Å². The summed E-state index contributed by atoms with van der Waals surface area (Å²) >= 11 is 0. The van der Waals surface area contributed by atoms with Crippen molar-refractivity contribution in [2.75, 3.05) is 13.2 Å². The predicted octanol–water partition coefficient (Wildman–Crippen LogP) is 1.50. The first kappa shape index (κ1) is 11.1. The lowest BCUT2D eigenvalue weighted by atomic mass is 10.2. The average molecular weight is 220 g/mol. The Morgan fingerprint density at radius 3 is 2.88 bits per heavy atom. The van der Waals surface area contributed by atoms with Crippen molar-refractivity contribution in [2.24, 2.45) is 10.7 Å². The van der Waals surface area contributed by atoms with Gasteiger partial charge in [0.05, 0.1) is 6.61 Å². The summed E-state index contributed by atoms with van der Waals surface area (Å²) in [4.78, 5) is 4.28. The van der Waals surface area contributed by atoms with Crippen LogP contribution in [0.4, 0.5) is 0 Å². The summed E-state index contributed by atoms with van der Waals surface area (Å²) in [6.07, 6.45) is 0.912. The summed E-state index contributed by atoms with van der Waals surface area (Å²) in [5.74, 6) is -0.458. The second kappa shape index (κ2) is 4.63. The quantitative estimate of drug-likeness (QED) is 0.782. The monoisotopic (exact) mass is 220 g/mol. The van der Waals surface area contributed by atoms with E-state index in [1.165, 1.54) is 0 Å². The topological polar surface area (TPSA) is 56.8 Å². The molecule has 1 heterocycles. The molecule has 1 aromatic carbocycles. The number of hydrogen-bond donors (Lipinski definition) is 1. The van der Waals surface area contributed by atoms with Crippen LogP contribution in [0.25, 0.3) is 0 Å². The van der Waals surface area contributed by atoms with Crippen molar-refractivity contribution in [3.63, 3.8) is 0 Å². The van der Waals surface area contributed by atoms with Gasteiger partial charge in [-0.15, -0.1) is 0 Å². The molecule has 16 heavy (non-hydrogen) atoms. The molecule has 0 saturated carbocycles. The Morgan fingerprint density at radius 2 is 2.19 bits per heavy atom. The van der Waals surface area contributed by atoms with Gasteiger partial charge in [0.25, 0.3) is 5.85 Å². The Kier molecular flexibility index (Phi) is 3.22. The van der Waals surface area contributed by atoms with Gasteiger partial charge >= 0.3 is 0 Å². The van der Waals surface area contributed by atoms with Gasteiger partial charge in [-0.05, 0) is 18.6 Å². The number of aliphatic imine (C=N–C) groups is 1. The summed E-state index contributed by atoms with van der Waals surface area (Å²) in [5, 5.41) is 0. The molecule has 1 aliphatic heterocycles. The molecule has 2 N–H and O–H groups in total. The molecular formula is C12H16N2O2. The van der Waals surface area contributed by atoms with E-state index in [0.29, 0.717) is 12.5 Å². The minimum absolute atomic E-state index is 0.275. The Morgan fingerprint density at radius 1 is 1.44 bits per heavy atom. The third kappa shape index (κ3) is 2.40. The molecule has 0 amide bonds. The molecule has 86 valence electrons. The van der Waals surface area contributed by atoms with Crippen molar-refractivity contribution < 1.29 is 9.47 Å². The van der Waals surface area contributed by atoms with E-state index in [1.807, 2.05) is 37.3 Å². The fraction of sp³-hybridized carbons (Fsp3) is 0.417. The van der Waals surface area contributed by atoms with Crippen LogP contribution < -0.4 is 5.73 Å². The Balaban J connectivity index is 2.11. The maximum atomic E-state index is 5.94. The normalized spacial score (nSPS) is 24.0. The van der Waals surface area contributed by atoms with Gasteiger partial charge in [-0.25, -0.2) is 0 Å². The molecule has 4 nitrogen and oxygen atoms in total. The zero-order chi connectivity index (χ0) is 11.4. The van der Waals surface area contributed by atoms with E-state index in [1.54, 1.807) is 0 Å². The minimum atomic E-state index is -1.01. The van der Waals surface area contributed by atoms with Gasteiger partial charge in [-0.2, -0.15) is 4.99 Å². The molecular weight excluding hydrogens is 204 g/mol. The molecule has 0 radical (unpaired) electrons. The first-order valence-electron chi connectivity index (χ1n) is 5.44. The molecule has 0 bridgehead atoms. The molecule has 0 aromatic heterocycles. The molecule has 1 unspecified atom stereocenters. The first-order valence-corrected chi connectivity index (χ1v) is 5.44. The van der Waals surface area contributed by atoms with Crippen LogP contribution in [0.1, 0.15) is 18.9 Å². The fourth-order valence-corrected chi connectivity index (χ4v) is 1.49. The van der Waals surface area contributed by atoms with Crippen LogP contribution in [0.2, 0.25) is 0 Å². The lowest BCUT2D eigenvalue weighted by Gasteiger charge is -2.17. The van der Waals surface area contributed by atoms with Crippen molar-refractivity contribution >= 4 is 5.90 Å². The third-order valence-corrected chi connectivity index (χ3v) is 2.28. The molecule has 4 heteroatoms. The van der Waals surface area contributed by atoms with E-state index in [4.69, 9.17) is 15.2 Å². The molecule has 0 spiro atoms. The Bertz CT molecular complexity index is 378. The zero-order valence-corrected chi connectivity index (χ0v) is 9.35. The SMILES string of the molecule is CCCOC1(N)COC(c2ccccc2)=N1. The minimum Gasteiger partial charge on any atom is -0.471 e. The maximum Gasteiger partial charge on any atom is 0.251 e. The van der Waals surface area contributed by atoms with Gasteiger partial charge in [-0.3, -0.25) is 5.73 Å². The van der Waals surface area contributed by atoms with E-state index in [2.05, 4.69) is 4.99 Å². The largest absolute Gasteiger partial charge is 0.471 e. The van der Waals surface area contributed by atoms with Gasteiger partial charge in [-0.1, -0.05) is 25.1 Å². The van der Waals surface area contributed by atoms with Crippen LogP contribution in [0.15, 0.2) is 35.3 Å². The van der Waals surface area contributed by atoms with Gasteiger partial charge < -0.3 is 9.47 Å². The van der Waals surface area contributed by atoms with Crippen molar-refractivity contribution in [1.82, 2.24) is 0 Å². The first-order chi connectivity index (χ1) is 7.73. The lowest BCUT2D eigenvalue weighted by Crippen LogP contribution is -2.42. The smallest absolute Gasteiger partial charge is 0.251 e. The van der Waals surface area contributed by atoms with Gasteiger partial charge in [0.2, 0.25) is 5.90 Å². The highest BCUT2D eigenvalue weighted by atomic mass is 16.6. The lowest BCUT2D eigenvalue weighted by molar-refractivity contribution is -0.0484. The van der Waals surface area contributed by atoms with Crippen LogP contribution in [0, 0.1) is 0 Å². The van der Waals surface area contributed by atoms with E-state index in [-0.39, 0.29) is 6.61 Å². The third-order valence-electron chi connectivity index (χ3n) is 2.28. The zero-order valence-electron chi connectivity index (χ0n) is 9.35. The number of nitrogens with two attached hydrogens (primary N) is 1. The second-order valence-corrected chi connectivity index (χ2v) is 3.76. The van der Waals surface area contributed by atoms with Crippen LogP contribution in [-0.4, -0.2) is 25.0 Å². The predicted molar refractivity (Wildman–Crippen MR) is 62.1 cm³/mol. The van der Waals surface area contributed by atoms with Gasteiger partial charge in [0.1, 0.15) is 0 Å². The molecule has 0 fully saturated rings. The summed E-state index contributed by atoms with van der Waals surface area (Å²) in [5.41, 5.74) is 6.86. The van der Waals surface area contributed by atoms with E-state index in [0.717, 1.165) is 12.0 Å². The molecule has 1 aromatic rings. The average Bonchev–Trinajstić information content (AvgIpc) is 2.71. The highest BCUT2D eigenvalue weighted by Gasteiger charge is 2.33. The van der Waals surface area contributed by atoms with E-state index in [9.17, 15) is 0 Å². The van der Waals surface area contributed by atoms with Crippen LogP contribution in [0.5, 0.6) is 0 Å². The Hall–Kier alpha value is -1.39. The van der Waals surface area contributed by atoms with Crippen LogP contribution in [0.3, 0.4) is 0 Å². The maximum absolute atomic E-state index is 5.94. The van der Waals surface area contributed by atoms with Gasteiger partial charge in [0.15, 0.2) is 6.61 Å².